The van der Waals surface area contributed by atoms with Crippen LogP contribution < -0.4 is 5.73 Å². The number of nitrogens with two attached hydrogens (primary N) is 1. The molecule has 2 atom stereocenters. The molecule has 0 aliphatic carbocycles. The highest BCUT2D eigenvalue weighted by Crippen LogP contribution is 2.24. The van der Waals surface area contributed by atoms with Crippen molar-refractivity contribution in [3.63, 3.8) is 0 Å². The van der Waals surface area contributed by atoms with Crippen molar-refractivity contribution in [2.75, 3.05) is 19.8 Å². The minimum absolute atomic E-state index is 0.0378. The largest absolute Gasteiger partial charge is 0.444 e. The molecule has 1 aliphatic heterocycles. The van der Waals surface area contributed by atoms with Crippen molar-refractivity contribution in [1.29, 1.82) is 0 Å². The van der Waals surface area contributed by atoms with Gasteiger partial charge in [0.25, 0.3) is 6.43 Å². The Labute approximate surface area is 118 Å². The van der Waals surface area contributed by atoms with Crippen molar-refractivity contribution < 1.29 is 23.0 Å². The Bertz CT molecular complexity index is 343. The maximum Gasteiger partial charge on any atom is 0.410 e. The molecule has 1 rings (SSSR count). The molecule has 1 aliphatic rings. The van der Waals surface area contributed by atoms with Crippen LogP contribution in [0.3, 0.4) is 0 Å². The van der Waals surface area contributed by atoms with E-state index in [9.17, 15) is 13.6 Å². The zero-order valence-corrected chi connectivity index (χ0v) is 12.5. The molecule has 118 valence electrons. The summed E-state index contributed by atoms with van der Waals surface area (Å²) in [6.07, 6.45) is -3.22. The highest BCUT2D eigenvalue weighted by molar-refractivity contribution is 5.68. The van der Waals surface area contributed by atoms with Crippen LogP contribution in [0.25, 0.3) is 0 Å². The number of hydrogen-bond donors (Lipinski definition) is 1. The monoisotopic (exact) mass is 294 g/mol. The van der Waals surface area contributed by atoms with E-state index in [1.165, 1.54) is 11.8 Å². The first-order valence-corrected chi connectivity index (χ1v) is 6.67. The molecule has 0 aromatic carbocycles. The van der Waals surface area contributed by atoms with Crippen molar-refractivity contribution in [2.45, 2.75) is 57.7 Å². The molecule has 0 aromatic rings. The predicted molar refractivity (Wildman–Crippen MR) is 70.8 cm³/mol. The molecular formula is C13H24F2N2O3. The zero-order valence-electron chi connectivity index (χ0n) is 12.5. The van der Waals surface area contributed by atoms with Gasteiger partial charge in [0.05, 0.1) is 24.8 Å². The first kappa shape index (κ1) is 17.1. The van der Waals surface area contributed by atoms with Crippen LogP contribution in [-0.4, -0.2) is 54.4 Å². The zero-order chi connectivity index (χ0) is 15.6. The molecule has 0 radical (unpaired) electrons. The van der Waals surface area contributed by atoms with Gasteiger partial charge in [0.2, 0.25) is 0 Å². The van der Waals surface area contributed by atoms with Gasteiger partial charge in [-0.2, -0.15) is 0 Å². The van der Waals surface area contributed by atoms with Gasteiger partial charge in [-0.05, 0) is 34.1 Å². The van der Waals surface area contributed by atoms with Gasteiger partial charge in [-0.25, -0.2) is 13.6 Å². The SMILES string of the molecule is CC(C)(C)OC(=O)N1CCOCC1CC(C)(N)C(F)F. The Morgan fingerprint density at radius 1 is 1.45 bits per heavy atom. The van der Waals surface area contributed by atoms with Gasteiger partial charge in [-0.1, -0.05) is 0 Å². The van der Waals surface area contributed by atoms with Gasteiger partial charge in [-0.15, -0.1) is 0 Å². The summed E-state index contributed by atoms with van der Waals surface area (Å²) in [7, 11) is 0. The van der Waals surface area contributed by atoms with Crippen molar-refractivity contribution >= 4 is 6.09 Å². The maximum atomic E-state index is 12.9. The molecule has 1 saturated heterocycles. The molecular weight excluding hydrogens is 270 g/mol. The van der Waals surface area contributed by atoms with Crippen molar-refractivity contribution in [1.82, 2.24) is 4.90 Å². The van der Waals surface area contributed by atoms with Gasteiger partial charge in [0, 0.05) is 6.54 Å². The van der Waals surface area contributed by atoms with Gasteiger partial charge in [0.15, 0.2) is 0 Å². The summed E-state index contributed by atoms with van der Waals surface area (Å²) in [6, 6.07) is -0.498. The summed E-state index contributed by atoms with van der Waals surface area (Å²) in [4.78, 5) is 13.5. The number of alkyl halides is 2. The van der Waals surface area contributed by atoms with Gasteiger partial charge in [-0.3, -0.25) is 0 Å². The Hall–Kier alpha value is -0.950. The third-order valence-corrected chi connectivity index (χ3v) is 3.03. The molecule has 2 N–H and O–H groups in total. The number of rotatable bonds is 3. The fourth-order valence-corrected chi connectivity index (χ4v) is 1.98. The van der Waals surface area contributed by atoms with E-state index in [-0.39, 0.29) is 13.0 Å². The quantitative estimate of drug-likeness (QED) is 0.864. The van der Waals surface area contributed by atoms with E-state index in [1.807, 2.05) is 0 Å². The molecule has 0 aromatic heterocycles. The number of nitrogens with zero attached hydrogens (tertiary/aromatic N) is 1. The van der Waals surface area contributed by atoms with Crippen molar-refractivity contribution in [2.24, 2.45) is 5.73 Å². The van der Waals surface area contributed by atoms with E-state index in [4.69, 9.17) is 15.2 Å². The van der Waals surface area contributed by atoms with Gasteiger partial charge in [0.1, 0.15) is 5.60 Å². The minimum Gasteiger partial charge on any atom is -0.444 e. The molecule has 1 heterocycles. The highest BCUT2D eigenvalue weighted by atomic mass is 19.3. The van der Waals surface area contributed by atoms with Crippen molar-refractivity contribution in [3.05, 3.63) is 0 Å². The molecule has 7 heteroatoms. The fraction of sp³-hybridized carbons (Fsp3) is 0.923. The van der Waals surface area contributed by atoms with Gasteiger partial charge >= 0.3 is 6.09 Å². The average molecular weight is 294 g/mol. The molecule has 0 spiro atoms. The Morgan fingerprint density at radius 2 is 2.05 bits per heavy atom. The molecule has 20 heavy (non-hydrogen) atoms. The van der Waals surface area contributed by atoms with Crippen LogP contribution in [0.15, 0.2) is 0 Å². The lowest BCUT2D eigenvalue weighted by atomic mass is 9.93. The van der Waals surface area contributed by atoms with E-state index in [2.05, 4.69) is 0 Å². The normalized spacial score (nSPS) is 23.6. The number of amides is 1. The third kappa shape index (κ3) is 4.86. The molecule has 1 fully saturated rings. The Balaban J connectivity index is 2.74. The third-order valence-electron chi connectivity index (χ3n) is 3.03. The number of halogens is 2. The second-order valence-electron chi connectivity index (χ2n) is 6.41. The number of hydrogen-bond acceptors (Lipinski definition) is 4. The number of carbonyl (C=O) groups excluding carboxylic acids is 1. The van der Waals surface area contributed by atoms with E-state index < -0.39 is 29.7 Å². The maximum absolute atomic E-state index is 12.9. The van der Waals surface area contributed by atoms with E-state index in [0.29, 0.717) is 13.2 Å². The van der Waals surface area contributed by atoms with E-state index in [0.717, 1.165) is 0 Å². The summed E-state index contributed by atoms with van der Waals surface area (Å²) >= 11 is 0. The van der Waals surface area contributed by atoms with Crippen LogP contribution in [0.5, 0.6) is 0 Å². The topological polar surface area (TPSA) is 64.8 Å². The molecule has 0 saturated carbocycles. The molecule has 1 amide bonds. The van der Waals surface area contributed by atoms with Crippen LogP contribution in [0.2, 0.25) is 0 Å². The van der Waals surface area contributed by atoms with E-state index >= 15 is 0 Å². The second-order valence-corrected chi connectivity index (χ2v) is 6.41. The van der Waals surface area contributed by atoms with E-state index in [1.54, 1.807) is 20.8 Å². The van der Waals surface area contributed by atoms with Crippen LogP contribution in [0.1, 0.15) is 34.1 Å². The molecule has 0 bridgehead atoms. The van der Waals surface area contributed by atoms with Crippen LogP contribution in [0.4, 0.5) is 13.6 Å². The van der Waals surface area contributed by atoms with Crippen LogP contribution >= 0.6 is 0 Å². The lowest BCUT2D eigenvalue weighted by Crippen LogP contribution is -2.56. The second kappa shape index (κ2) is 6.22. The summed E-state index contributed by atoms with van der Waals surface area (Å²) in [6.45, 7) is 7.43. The first-order chi connectivity index (χ1) is 9.03. The van der Waals surface area contributed by atoms with Crippen LogP contribution in [0, 0.1) is 0 Å². The van der Waals surface area contributed by atoms with Crippen LogP contribution in [-0.2, 0) is 9.47 Å². The minimum atomic E-state index is -2.66. The Kier molecular flexibility index (Phi) is 5.32. The standard InChI is InChI=1S/C13H24F2N2O3/c1-12(2,3)20-11(18)17-5-6-19-8-9(17)7-13(4,16)10(14)15/h9-10H,5-8,16H2,1-4H3. The smallest absolute Gasteiger partial charge is 0.410 e. The summed E-state index contributed by atoms with van der Waals surface area (Å²) in [5.74, 6) is 0. The number of ether oxygens (including phenoxy) is 2. The first-order valence-electron chi connectivity index (χ1n) is 6.67. The molecule has 5 nitrogen and oxygen atoms in total. The summed E-state index contributed by atoms with van der Waals surface area (Å²) in [5.41, 5.74) is 3.30. The highest BCUT2D eigenvalue weighted by Gasteiger charge is 2.39. The fourth-order valence-electron chi connectivity index (χ4n) is 1.98. The van der Waals surface area contributed by atoms with Gasteiger partial charge < -0.3 is 20.1 Å². The summed E-state index contributed by atoms with van der Waals surface area (Å²) < 4.78 is 36.3. The molecule has 2 unspecified atom stereocenters. The number of carbonyl (C=O) groups is 1. The Morgan fingerprint density at radius 3 is 2.55 bits per heavy atom. The van der Waals surface area contributed by atoms with Crippen molar-refractivity contribution in [3.8, 4) is 0 Å². The average Bonchev–Trinajstić information content (AvgIpc) is 2.26. The lowest BCUT2D eigenvalue weighted by molar-refractivity contribution is -0.0476. The predicted octanol–water partition coefficient (Wildman–Crippen LogP) is 1.99. The number of morpholine rings is 1. The summed E-state index contributed by atoms with van der Waals surface area (Å²) in [5, 5.41) is 0. The lowest BCUT2D eigenvalue weighted by Gasteiger charge is -2.39.